The Hall–Kier alpha value is -1.49. The van der Waals surface area contributed by atoms with Gasteiger partial charge in [0.15, 0.2) is 6.29 Å². The van der Waals surface area contributed by atoms with Crippen LogP contribution in [0, 0.1) is 5.92 Å². The summed E-state index contributed by atoms with van der Waals surface area (Å²) in [5.74, 6) is -0.0823. The molecular formula is C16H18BrFN2O. The van der Waals surface area contributed by atoms with E-state index in [0.29, 0.717) is 41.6 Å². The minimum atomic E-state index is -0.0952. The molecule has 2 rings (SSSR count). The van der Waals surface area contributed by atoms with Crippen molar-refractivity contribution >= 4 is 28.4 Å². The van der Waals surface area contributed by atoms with E-state index in [9.17, 15) is 9.18 Å². The number of allylic oxidation sites excluding steroid dienone is 7. The van der Waals surface area contributed by atoms with E-state index in [1.54, 1.807) is 6.08 Å². The van der Waals surface area contributed by atoms with Crippen LogP contribution in [0.1, 0.15) is 25.7 Å². The summed E-state index contributed by atoms with van der Waals surface area (Å²) in [6, 6.07) is 0. The summed E-state index contributed by atoms with van der Waals surface area (Å²) in [6.45, 7) is 0. The lowest BCUT2D eigenvalue weighted by molar-refractivity contribution is -0.104. The minimum absolute atomic E-state index is 0.0129. The molecule has 0 amide bonds. The predicted octanol–water partition coefficient (Wildman–Crippen LogP) is 3.73. The number of halogens is 2. The fraction of sp³-hybridized carbons (Fsp3) is 0.375. The number of rotatable bonds is 4. The first kappa shape index (κ1) is 15.9. The van der Waals surface area contributed by atoms with Crippen molar-refractivity contribution in [3.63, 3.8) is 0 Å². The van der Waals surface area contributed by atoms with Crippen LogP contribution in [-0.4, -0.2) is 17.3 Å². The minimum Gasteiger partial charge on any atom is -0.401 e. The normalized spacial score (nSPS) is 27.1. The zero-order chi connectivity index (χ0) is 15.2. The summed E-state index contributed by atoms with van der Waals surface area (Å²) in [5.41, 5.74) is 7.74. The second-order valence-corrected chi connectivity index (χ2v) is 6.32. The van der Waals surface area contributed by atoms with Crippen LogP contribution >= 0.6 is 15.9 Å². The molecule has 2 atom stereocenters. The molecule has 0 radical (unpaired) electrons. The van der Waals surface area contributed by atoms with E-state index in [4.69, 9.17) is 5.73 Å². The largest absolute Gasteiger partial charge is 0.401 e. The van der Waals surface area contributed by atoms with Crippen molar-refractivity contribution in [2.24, 2.45) is 16.6 Å². The van der Waals surface area contributed by atoms with Gasteiger partial charge in [0.1, 0.15) is 0 Å². The smallest absolute Gasteiger partial charge is 0.153 e. The average molecular weight is 353 g/mol. The third-order valence-corrected chi connectivity index (χ3v) is 4.32. The van der Waals surface area contributed by atoms with Gasteiger partial charge < -0.3 is 5.73 Å². The van der Waals surface area contributed by atoms with Crippen LogP contribution in [0.15, 0.2) is 52.1 Å². The molecule has 2 aliphatic carbocycles. The van der Waals surface area contributed by atoms with Crippen LogP contribution in [0.5, 0.6) is 0 Å². The van der Waals surface area contributed by atoms with Gasteiger partial charge in [-0.05, 0) is 31.8 Å². The monoisotopic (exact) mass is 352 g/mol. The Morgan fingerprint density at radius 3 is 2.81 bits per heavy atom. The molecule has 0 aromatic carbocycles. The molecule has 5 heteroatoms. The number of aldehydes is 1. The fourth-order valence-electron chi connectivity index (χ4n) is 2.32. The number of hydrogen-bond donors (Lipinski definition) is 1. The molecule has 2 N–H and O–H groups in total. The van der Waals surface area contributed by atoms with Crippen molar-refractivity contribution in [1.29, 1.82) is 0 Å². The Labute approximate surface area is 132 Å². The van der Waals surface area contributed by atoms with Crippen molar-refractivity contribution in [1.82, 2.24) is 0 Å². The lowest BCUT2D eigenvalue weighted by Gasteiger charge is -2.20. The van der Waals surface area contributed by atoms with Gasteiger partial charge in [-0.15, -0.1) is 0 Å². The maximum Gasteiger partial charge on any atom is 0.153 e. The lowest BCUT2D eigenvalue weighted by atomic mass is 9.89. The summed E-state index contributed by atoms with van der Waals surface area (Å²) in [6.07, 6.45) is 12.1. The molecule has 0 spiro atoms. The molecule has 0 saturated carbocycles. The topological polar surface area (TPSA) is 55.5 Å². The van der Waals surface area contributed by atoms with Crippen molar-refractivity contribution in [2.75, 3.05) is 0 Å². The zero-order valence-corrected chi connectivity index (χ0v) is 13.2. The number of nitrogens with zero attached hydrogens (tertiary/aromatic N) is 1. The Morgan fingerprint density at radius 1 is 1.43 bits per heavy atom. The molecule has 0 saturated heterocycles. The van der Waals surface area contributed by atoms with E-state index >= 15 is 0 Å². The summed E-state index contributed by atoms with van der Waals surface area (Å²) >= 11 is 3.48. The predicted molar refractivity (Wildman–Crippen MR) is 86.9 cm³/mol. The summed E-state index contributed by atoms with van der Waals surface area (Å²) in [4.78, 5) is 15.8. The highest BCUT2D eigenvalue weighted by molar-refractivity contribution is 9.09. The second-order valence-electron chi connectivity index (χ2n) is 5.15. The number of aliphatic imine (C=N–C) groups is 1. The van der Waals surface area contributed by atoms with Crippen molar-refractivity contribution in [2.45, 2.75) is 30.5 Å². The highest BCUT2D eigenvalue weighted by atomic mass is 79.9. The first-order valence-corrected chi connectivity index (χ1v) is 7.87. The highest BCUT2D eigenvalue weighted by Gasteiger charge is 2.18. The maximum absolute atomic E-state index is 13.0. The number of hydrogen-bond acceptors (Lipinski definition) is 3. The summed E-state index contributed by atoms with van der Waals surface area (Å²) < 4.78 is 13.0. The quantitative estimate of drug-likeness (QED) is 0.362. The number of alkyl halides is 1. The van der Waals surface area contributed by atoms with Crippen LogP contribution < -0.4 is 5.73 Å². The standard InChI is InChI=1S/C16H18BrFN2O/c17-13-3-7-15(8-4-13)20-9-12(10-21)16(19)11-1-5-14(18)6-2-11/h3,5,7-11,13H,1-2,4,6,19H2. The van der Waals surface area contributed by atoms with E-state index in [1.165, 1.54) is 6.21 Å². The van der Waals surface area contributed by atoms with E-state index < -0.39 is 0 Å². The van der Waals surface area contributed by atoms with Crippen LogP contribution in [0.25, 0.3) is 0 Å². The summed E-state index contributed by atoms with van der Waals surface area (Å²) in [7, 11) is 0. The van der Waals surface area contributed by atoms with Crippen LogP contribution in [-0.2, 0) is 4.79 Å². The summed E-state index contributed by atoms with van der Waals surface area (Å²) in [5, 5.41) is 0. The van der Waals surface area contributed by atoms with Crippen LogP contribution in [0.2, 0.25) is 0 Å². The maximum atomic E-state index is 13.0. The van der Waals surface area contributed by atoms with Crippen molar-refractivity contribution in [3.05, 3.63) is 47.1 Å². The molecular weight excluding hydrogens is 335 g/mol. The number of carbonyl (C=O) groups is 1. The first-order chi connectivity index (χ1) is 10.1. The molecule has 112 valence electrons. The molecule has 2 aliphatic rings. The van der Waals surface area contributed by atoms with Gasteiger partial charge in [-0.3, -0.25) is 9.79 Å². The highest BCUT2D eigenvalue weighted by Crippen LogP contribution is 2.28. The molecule has 0 aromatic heterocycles. The van der Waals surface area contributed by atoms with Gasteiger partial charge in [0.05, 0.1) is 17.1 Å². The van der Waals surface area contributed by atoms with Gasteiger partial charge in [0.25, 0.3) is 0 Å². The average Bonchev–Trinajstić information content (AvgIpc) is 2.50. The number of nitrogens with two attached hydrogens (primary N) is 1. The zero-order valence-electron chi connectivity index (χ0n) is 11.6. The second kappa shape index (κ2) is 7.50. The Kier molecular flexibility index (Phi) is 5.67. The molecule has 0 aromatic rings. The SMILES string of the molecule is NC(=C(C=O)C=NC1=CCC(Br)C=C1)C1CC=C(F)CC1. The van der Waals surface area contributed by atoms with Gasteiger partial charge in [-0.25, -0.2) is 4.39 Å². The van der Waals surface area contributed by atoms with Crippen molar-refractivity contribution in [3.8, 4) is 0 Å². The molecule has 0 fully saturated rings. The molecule has 0 aliphatic heterocycles. The lowest BCUT2D eigenvalue weighted by Crippen LogP contribution is -2.18. The van der Waals surface area contributed by atoms with E-state index in [2.05, 4.69) is 20.9 Å². The van der Waals surface area contributed by atoms with E-state index in [-0.39, 0.29) is 11.7 Å². The van der Waals surface area contributed by atoms with E-state index in [0.717, 1.165) is 12.1 Å². The number of carbonyl (C=O) groups excluding carboxylic acids is 1. The van der Waals surface area contributed by atoms with Crippen molar-refractivity contribution < 1.29 is 9.18 Å². The van der Waals surface area contributed by atoms with Gasteiger partial charge in [0, 0.05) is 22.7 Å². The molecule has 0 heterocycles. The third-order valence-electron chi connectivity index (χ3n) is 3.64. The third kappa shape index (κ3) is 4.49. The van der Waals surface area contributed by atoms with Gasteiger partial charge in [-0.1, -0.05) is 34.2 Å². The van der Waals surface area contributed by atoms with Gasteiger partial charge >= 0.3 is 0 Å². The fourth-order valence-corrected chi connectivity index (χ4v) is 2.66. The first-order valence-electron chi connectivity index (χ1n) is 6.96. The van der Waals surface area contributed by atoms with Gasteiger partial charge in [0.2, 0.25) is 0 Å². The van der Waals surface area contributed by atoms with Gasteiger partial charge in [-0.2, -0.15) is 0 Å². The molecule has 3 nitrogen and oxygen atoms in total. The molecule has 2 unspecified atom stereocenters. The Bertz CT molecular complexity index is 561. The van der Waals surface area contributed by atoms with Crippen LogP contribution in [0.3, 0.4) is 0 Å². The van der Waals surface area contributed by atoms with E-state index in [1.807, 2.05) is 18.2 Å². The molecule has 0 bridgehead atoms. The Balaban J connectivity index is 2.10. The Morgan fingerprint density at radius 2 is 2.24 bits per heavy atom. The van der Waals surface area contributed by atoms with Crippen LogP contribution in [0.4, 0.5) is 4.39 Å². The molecule has 21 heavy (non-hydrogen) atoms.